The van der Waals surface area contributed by atoms with Crippen LogP contribution in [-0.4, -0.2) is 62.9 Å². The third-order valence-corrected chi connectivity index (χ3v) is 6.66. The Hall–Kier alpha value is -2.46. The molecular weight excluding hydrogens is 386 g/mol. The number of hydrogen-bond acceptors (Lipinski definition) is 9. The van der Waals surface area contributed by atoms with Gasteiger partial charge in [0.05, 0.1) is 29.1 Å². The van der Waals surface area contributed by atoms with Gasteiger partial charge in [0.1, 0.15) is 5.52 Å². The van der Waals surface area contributed by atoms with E-state index in [0.29, 0.717) is 17.2 Å². The van der Waals surface area contributed by atoms with Crippen LogP contribution in [0.1, 0.15) is 0 Å². The van der Waals surface area contributed by atoms with Gasteiger partial charge in [-0.2, -0.15) is 0 Å². The Morgan fingerprint density at radius 1 is 1.07 bits per heavy atom. The lowest BCUT2D eigenvalue weighted by Gasteiger charge is -2.34. The fourth-order valence-electron chi connectivity index (χ4n) is 3.02. The van der Waals surface area contributed by atoms with E-state index < -0.39 is 9.84 Å². The standard InChI is InChI=1S/C17H19N5O3S2/c1-25-12-10-18-16(19-11-12)21-6-8-22(9-7-21)17-20-15-13(26-17)4-3-5-14(15)27(2,23)24/h3-5,10-11H,6-9H2,1-2H3. The van der Waals surface area contributed by atoms with Gasteiger partial charge >= 0.3 is 0 Å². The van der Waals surface area contributed by atoms with Crippen LogP contribution in [0.5, 0.6) is 5.75 Å². The number of rotatable bonds is 4. The average Bonchev–Trinajstić information content (AvgIpc) is 3.11. The fraction of sp³-hybridized carbons (Fsp3) is 0.353. The van der Waals surface area contributed by atoms with Crippen molar-refractivity contribution in [2.24, 2.45) is 0 Å². The molecule has 142 valence electrons. The zero-order valence-corrected chi connectivity index (χ0v) is 16.6. The van der Waals surface area contributed by atoms with Gasteiger partial charge in [-0.15, -0.1) is 0 Å². The van der Waals surface area contributed by atoms with Gasteiger partial charge in [0.2, 0.25) is 5.95 Å². The lowest BCUT2D eigenvalue weighted by molar-refractivity contribution is 0.410. The number of aromatic nitrogens is 3. The number of ether oxygens (including phenoxy) is 1. The minimum Gasteiger partial charge on any atom is -0.494 e. The van der Waals surface area contributed by atoms with Gasteiger partial charge in [0, 0.05) is 32.4 Å². The second kappa shape index (κ2) is 6.93. The van der Waals surface area contributed by atoms with Crippen LogP contribution < -0.4 is 14.5 Å². The van der Waals surface area contributed by atoms with Crippen LogP contribution in [0.3, 0.4) is 0 Å². The first kappa shape index (κ1) is 17.9. The number of thiazole rings is 1. The third-order valence-electron chi connectivity index (χ3n) is 4.45. The number of piperazine rings is 1. The number of nitrogens with zero attached hydrogens (tertiary/aromatic N) is 5. The molecule has 0 atom stereocenters. The maximum atomic E-state index is 12.0. The molecule has 0 spiro atoms. The Morgan fingerprint density at radius 3 is 2.37 bits per heavy atom. The van der Waals surface area contributed by atoms with Crippen LogP contribution >= 0.6 is 11.3 Å². The van der Waals surface area contributed by atoms with E-state index in [1.807, 2.05) is 6.07 Å². The minimum absolute atomic E-state index is 0.285. The zero-order valence-electron chi connectivity index (χ0n) is 15.0. The maximum absolute atomic E-state index is 12.0. The molecule has 1 aliphatic rings. The maximum Gasteiger partial charge on any atom is 0.225 e. The number of methoxy groups -OCH3 is 1. The second-order valence-corrected chi connectivity index (χ2v) is 9.26. The molecule has 1 fully saturated rings. The van der Waals surface area contributed by atoms with Crippen molar-refractivity contribution in [2.75, 3.05) is 49.3 Å². The quantitative estimate of drug-likeness (QED) is 0.650. The van der Waals surface area contributed by atoms with E-state index in [1.54, 1.807) is 31.6 Å². The number of para-hydroxylation sites is 1. The first-order valence-corrected chi connectivity index (χ1v) is 11.1. The fourth-order valence-corrected chi connectivity index (χ4v) is 4.96. The van der Waals surface area contributed by atoms with Crippen molar-refractivity contribution >= 4 is 42.5 Å². The van der Waals surface area contributed by atoms with Gasteiger partial charge in [-0.3, -0.25) is 0 Å². The summed E-state index contributed by atoms with van der Waals surface area (Å²) >= 11 is 1.52. The largest absolute Gasteiger partial charge is 0.494 e. The van der Waals surface area contributed by atoms with Crippen molar-refractivity contribution in [1.29, 1.82) is 0 Å². The summed E-state index contributed by atoms with van der Waals surface area (Å²) in [5.74, 6) is 1.31. The molecule has 0 unspecified atom stereocenters. The van der Waals surface area contributed by atoms with Crippen molar-refractivity contribution in [3.63, 3.8) is 0 Å². The monoisotopic (exact) mass is 405 g/mol. The van der Waals surface area contributed by atoms with Gasteiger partial charge < -0.3 is 14.5 Å². The van der Waals surface area contributed by atoms with Crippen molar-refractivity contribution in [3.8, 4) is 5.75 Å². The molecule has 1 aromatic carbocycles. The second-order valence-electron chi connectivity index (χ2n) is 6.27. The highest BCUT2D eigenvalue weighted by Crippen LogP contribution is 2.33. The van der Waals surface area contributed by atoms with Gasteiger partial charge in [0.15, 0.2) is 20.7 Å². The van der Waals surface area contributed by atoms with Gasteiger partial charge in [-0.25, -0.2) is 23.4 Å². The van der Waals surface area contributed by atoms with Crippen LogP contribution in [0.4, 0.5) is 11.1 Å². The van der Waals surface area contributed by atoms with Crippen molar-refractivity contribution in [1.82, 2.24) is 15.0 Å². The van der Waals surface area contributed by atoms with E-state index in [1.165, 1.54) is 17.6 Å². The molecule has 3 heterocycles. The summed E-state index contributed by atoms with van der Waals surface area (Å²) in [5.41, 5.74) is 0.556. The Labute approximate surface area is 161 Å². The Bertz CT molecular complexity index is 1060. The molecule has 0 bridgehead atoms. The number of hydrogen-bond donors (Lipinski definition) is 0. The highest BCUT2D eigenvalue weighted by molar-refractivity contribution is 7.91. The summed E-state index contributed by atoms with van der Waals surface area (Å²) in [4.78, 5) is 17.9. The molecule has 27 heavy (non-hydrogen) atoms. The predicted octanol–water partition coefficient (Wildman–Crippen LogP) is 1.82. The minimum atomic E-state index is -3.31. The van der Waals surface area contributed by atoms with E-state index >= 15 is 0 Å². The summed E-state index contributed by atoms with van der Waals surface area (Å²) in [6, 6.07) is 5.28. The van der Waals surface area contributed by atoms with Crippen molar-refractivity contribution < 1.29 is 13.2 Å². The molecule has 0 N–H and O–H groups in total. The smallest absolute Gasteiger partial charge is 0.225 e. The lowest BCUT2D eigenvalue weighted by atomic mass is 10.3. The van der Waals surface area contributed by atoms with Gasteiger partial charge in [-0.1, -0.05) is 17.4 Å². The average molecular weight is 406 g/mol. The summed E-state index contributed by atoms with van der Waals surface area (Å²) in [7, 11) is -1.72. The van der Waals surface area contributed by atoms with Gasteiger partial charge in [0.25, 0.3) is 0 Å². The van der Waals surface area contributed by atoms with E-state index in [-0.39, 0.29) is 4.90 Å². The van der Waals surface area contributed by atoms with Gasteiger partial charge in [-0.05, 0) is 12.1 Å². The number of anilines is 2. The molecule has 0 saturated carbocycles. The number of fused-ring (bicyclic) bond motifs is 1. The normalized spacial score (nSPS) is 15.3. The van der Waals surface area contributed by atoms with Crippen LogP contribution in [0.2, 0.25) is 0 Å². The molecule has 4 rings (SSSR count). The summed E-state index contributed by atoms with van der Waals surface area (Å²) in [5, 5.41) is 0.844. The molecule has 0 amide bonds. The first-order valence-electron chi connectivity index (χ1n) is 8.41. The molecule has 0 aliphatic carbocycles. The zero-order chi connectivity index (χ0) is 19.0. The van der Waals surface area contributed by atoms with Crippen LogP contribution in [-0.2, 0) is 9.84 Å². The van der Waals surface area contributed by atoms with Crippen molar-refractivity contribution in [3.05, 3.63) is 30.6 Å². The highest BCUT2D eigenvalue weighted by atomic mass is 32.2. The molecule has 10 heteroatoms. The predicted molar refractivity (Wildman–Crippen MR) is 106 cm³/mol. The SMILES string of the molecule is COc1cnc(N2CCN(c3nc4c(S(C)(=O)=O)cccc4s3)CC2)nc1. The number of sulfone groups is 1. The highest BCUT2D eigenvalue weighted by Gasteiger charge is 2.23. The van der Waals surface area contributed by atoms with Crippen LogP contribution in [0.25, 0.3) is 10.2 Å². The first-order chi connectivity index (χ1) is 13.0. The molecule has 2 aromatic heterocycles. The Kier molecular flexibility index (Phi) is 4.60. The number of benzene rings is 1. The molecular formula is C17H19N5O3S2. The molecule has 8 nitrogen and oxygen atoms in total. The van der Waals surface area contributed by atoms with Crippen molar-refractivity contribution in [2.45, 2.75) is 4.90 Å². The van der Waals surface area contributed by atoms with E-state index in [9.17, 15) is 8.42 Å². The molecule has 3 aromatic rings. The summed E-state index contributed by atoms with van der Waals surface area (Å²) in [6.45, 7) is 3.06. The van der Waals surface area contributed by atoms with E-state index in [2.05, 4.69) is 24.8 Å². The lowest BCUT2D eigenvalue weighted by Crippen LogP contribution is -2.47. The van der Waals surface area contributed by atoms with E-state index in [0.717, 1.165) is 36.0 Å². The topological polar surface area (TPSA) is 88.5 Å². The molecule has 1 aliphatic heterocycles. The molecule has 1 saturated heterocycles. The Morgan fingerprint density at radius 2 is 1.74 bits per heavy atom. The summed E-state index contributed by atoms with van der Waals surface area (Å²) in [6.07, 6.45) is 4.54. The van der Waals surface area contributed by atoms with Crippen LogP contribution in [0.15, 0.2) is 35.5 Å². The molecule has 0 radical (unpaired) electrons. The third kappa shape index (κ3) is 3.54. The van der Waals surface area contributed by atoms with Crippen LogP contribution in [0, 0.1) is 0 Å². The van der Waals surface area contributed by atoms with E-state index in [4.69, 9.17) is 4.74 Å². The Balaban J connectivity index is 1.52. The summed E-state index contributed by atoms with van der Waals surface area (Å²) < 4.78 is 30.0.